The normalized spacial score (nSPS) is 13.2. The van der Waals surface area contributed by atoms with Crippen LogP contribution in [0, 0.1) is 0 Å². The van der Waals surface area contributed by atoms with E-state index < -0.39 is 39.2 Å². The third-order valence-electron chi connectivity index (χ3n) is 3.56. The number of para-hydroxylation sites is 1. The summed E-state index contributed by atoms with van der Waals surface area (Å²) in [6.07, 6.45) is -2.84. The molecule has 0 aliphatic rings. The molecule has 160 valence electrons. The summed E-state index contributed by atoms with van der Waals surface area (Å²) in [4.78, 5) is 29.6. The van der Waals surface area contributed by atoms with Crippen molar-refractivity contribution in [1.29, 1.82) is 0 Å². The van der Waals surface area contributed by atoms with E-state index in [9.17, 15) is 31.2 Å². The highest BCUT2D eigenvalue weighted by molar-refractivity contribution is 7.88. The maximum Gasteiger partial charge on any atom is 0.493 e. The summed E-state index contributed by atoms with van der Waals surface area (Å²) in [6.45, 7) is 0.818. The van der Waals surface area contributed by atoms with Gasteiger partial charge in [0, 0.05) is 17.6 Å². The number of fused-ring (bicyclic) bond motifs is 1. The fourth-order valence-electron chi connectivity index (χ4n) is 2.44. The molecule has 0 fully saturated rings. The predicted octanol–water partition coefficient (Wildman–Crippen LogP) is 1.25. The SMILES string of the molecule is CC(N)Cc1c[nH]c2c(OCC(=O)N(OC(=O)C(F)(F)F)S(C)(=O)=O)cccc12. The monoisotopic (exact) mass is 437 g/mol. The Morgan fingerprint density at radius 2 is 1.97 bits per heavy atom. The number of hydroxylamine groups is 1. The molecule has 0 radical (unpaired) electrons. The molecular formula is C16H18F3N3O6S. The smallest absolute Gasteiger partial charge is 0.481 e. The summed E-state index contributed by atoms with van der Waals surface area (Å²) in [7, 11) is -4.64. The van der Waals surface area contributed by atoms with Gasteiger partial charge < -0.3 is 20.3 Å². The van der Waals surface area contributed by atoms with Gasteiger partial charge in [0.15, 0.2) is 6.61 Å². The van der Waals surface area contributed by atoms with Crippen LogP contribution in [0.2, 0.25) is 0 Å². The second kappa shape index (κ2) is 8.29. The minimum atomic E-state index is -5.49. The molecule has 1 heterocycles. The first kappa shape index (κ1) is 22.5. The standard InChI is InChI=1S/C16H18F3N3O6S/c1-9(20)6-10-7-21-14-11(10)4-3-5-12(14)27-8-13(23)22(29(2,25)26)28-15(24)16(17,18)19/h3-5,7,9,21H,6,8,20H2,1-2H3. The van der Waals surface area contributed by atoms with Crippen LogP contribution in [-0.4, -0.2) is 54.8 Å². The molecule has 2 rings (SSSR count). The van der Waals surface area contributed by atoms with Crippen LogP contribution in [-0.2, 0) is 30.9 Å². The van der Waals surface area contributed by atoms with Gasteiger partial charge in [-0.25, -0.2) is 13.2 Å². The zero-order chi connectivity index (χ0) is 22.0. The van der Waals surface area contributed by atoms with E-state index in [4.69, 9.17) is 10.5 Å². The van der Waals surface area contributed by atoms with Gasteiger partial charge in [0.2, 0.25) is 0 Å². The molecule has 0 saturated heterocycles. The summed E-state index contributed by atoms with van der Waals surface area (Å²) in [6, 6.07) is 4.73. The number of alkyl halides is 3. The number of halogens is 3. The number of aromatic nitrogens is 1. The minimum absolute atomic E-state index is 0.119. The molecule has 2 aromatic rings. The van der Waals surface area contributed by atoms with Gasteiger partial charge in [-0.2, -0.15) is 13.2 Å². The number of carbonyl (C=O) groups excluding carboxylic acids is 2. The second-order valence-corrected chi connectivity index (χ2v) is 8.02. The Morgan fingerprint density at radius 3 is 2.52 bits per heavy atom. The number of nitrogens with two attached hydrogens (primary N) is 1. The fraction of sp³-hybridized carbons (Fsp3) is 0.375. The Balaban J connectivity index is 2.20. The van der Waals surface area contributed by atoms with E-state index in [1.807, 2.05) is 6.92 Å². The van der Waals surface area contributed by atoms with Crippen molar-refractivity contribution in [2.75, 3.05) is 12.9 Å². The third-order valence-corrected chi connectivity index (χ3v) is 4.44. The van der Waals surface area contributed by atoms with Gasteiger partial charge in [-0.1, -0.05) is 16.6 Å². The number of aromatic amines is 1. The Kier molecular flexibility index (Phi) is 6.43. The highest BCUT2D eigenvalue weighted by atomic mass is 32.2. The Hall–Kier alpha value is -2.80. The summed E-state index contributed by atoms with van der Waals surface area (Å²) >= 11 is 0. The second-order valence-electron chi connectivity index (χ2n) is 6.22. The van der Waals surface area contributed by atoms with Gasteiger partial charge in [0.1, 0.15) is 5.75 Å². The quantitative estimate of drug-likeness (QED) is 0.650. The van der Waals surface area contributed by atoms with Crippen molar-refractivity contribution in [3.63, 3.8) is 0 Å². The first-order valence-electron chi connectivity index (χ1n) is 8.10. The molecule has 0 aliphatic heterocycles. The van der Waals surface area contributed by atoms with Gasteiger partial charge in [0.25, 0.3) is 10.0 Å². The maximum atomic E-state index is 12.3. The Bertz CT molecular complexity index is 1020. The van der Waals surface area contributed by atoms with Crippen molar-refractivity contribution in [2.24, 2.45) is 5.73 Å². The molecular weight excluding hydrogens is 419 g/mol. The van der Waals surface area contributed by atoms with E-state index in [0.29, 0.717) is 18.2 Å². The van der Waals surface area contributed by atoms with Crippen molar-refractivity contribution in [2.45, 2.75) is 25.6 Å². The predicted molar refractivity (Wildman–Crippen MR) is 95.0 cm³/mol. The highest BCUT2D eigenvalue weighted by Gasteiger charge is 2.45. The lowest BCUT2D eigenvalue weighted by atomic mass is 10.1. The van der Waals surface area contributed by atoms with Crippen LogP contribution in [0.25, 0.3) is 10.9 Å². The molecule has 1 unspecified atom stereocenters. The third kappa shape index (κ3) is 5.60. The van der Waals surface area contributed by atoms with Gasteiger partial charge in [-0.05, 0) is 25.0 Å². The number of nitrogens with zero attached hydrogens (tertiary/aromatic N) is 1. The molecule has 0 aliphatic carbocycles. The van der Waals surface area contributed by atoms with Gasteiger partial charge in [-0.15, -0.1) is 0 Å². The average molecular weight is 437 g/mol. The molecule has 13 heteroatoms. The topological polar surface area (TPSA) is 132 Å². The Morgan fingerprint density at radius 1 is 1.31 bits per heavy atom. The van der Waals surface area contributed by atoms with E-state index in [1.165, 1.54) is 6.07 Å². The summed E-state index contributed by atoms with van der Waals surface area (Å²) in [5, 5.41) is 0.746. The lowest BCUT2D eigenvalue weighted by molar-refractivity contribution is -0.223. The van der Waals surface area contributed by atoms with E-state index in [2.05, 4.69) is 9.82 Å². The summed E-state index contributed by atoms with van der Waals surface area (Å²) < 4.78 is 64.7. The van der Waals surface area contributed by atoms with Gasteiger partial charge in [0.05, 0.1) is 11.8 Å². The van der Waals surface area contributed by atoms with Crippen LogP contribution in [0.1, 0.15) is 12.5 Å². The number of benzene rings is 1. The number of carbonyl (C=O) groups is 2. The number of hydrogen-bond acceptors (Lipinski definition) is 7. The molecule has 0 saturated carbocycles. The van der Waals surface area contributed by atoms with Crippen molar-refractivity contribution in [3.05, 3.63) is 30.0 Å². The van der Waals surface area contributed by atoms with Crippen molar-refractivity contribution >= 4 is 32.8 Å². The van der Waals surface area contributed by atoms with Crippen molar-refractivity contribution in [3.8, 4) is 5.75 Å². The lowest BCUT2D eigenvalue weighted by Crippen LogP contribution is -2.43. The number of nitrogens with one attached hydrogen (secondary N) is 1. The van der Waals surface area contributed by atoms with Crippen LogP contribution in [0.4, 0.5) is 13.2 Å². The molecule has 3 N–H and O–H groups in total. The molecule has 9 nitrogen and oxygen atoms in total. The zero-order valence-corrected chi connectivity index (χ0v) is 16.1. The summed E-state index contributed by atoms with van der Waals surface area (Å²) in [5.74, 6) is -4.24. The number of rotatable bonds is 6. The van der Waals surface area contributed by atoms with Crippen LogP contribution in [0.5, 0.6) is 5.75 Å². The molecule has 29 heavy (non-hydrogen) atoms. The van der Waals surface area contributed by atoms with Crippen molar-refractivity contribution in [1.82, 2.24) is 9.45 Å². The lowest BCUT2D eigenvalue weighted by Gasteiger charge is -2.19. The molecule has 1 atom stereocenters. The van der Waals surface area contributed by atoms with E-state index >= 15 is 0 Å². The van der Waals surface area contributed by atoms with Crippen LogP contribution in [0.3, 0.4) is 0 Å². The minimum Gasteiger partial charge on any atom is -0.481 e. The molecule has 0 spiro atoms. The van der Waals surface area contributed by atoms with Crippen LogP contribution < -0.4 is 10.5 Å². The number of H-pyrrole nitrogens is 1. The van der Waals surface area contributed by atoms with Crippen molar-refractivity contribution < 1.29 is 40.8 Å². The largest absolute Gasteiger partial charge is 0.493 e. The molecule has 0 bridgehead atoms. The number of sulfonamides is 1. The maximum absolute atomic E-state index is 12.3. The average Bonchev–Trinajstić information content (AvgIpc) is 2.98. The highest BCUT2D eigenvalue weighted by Crippen LogP contribution is 2.28. The number of ether oxygens (including phenoxy) is 1. The number of amides is 1. The van der Waals surface area contributed by atoms with E-state index in [1.54, 1.807) is 18.3 Å². The van der Waals surface area contributed by atoms with Gasteiger partial charge in [-0.3, -0.25) is 4.79 Å². The van der Waals surface area contributed by atoms with E-state index in [0.717, 1.165) is 10.9 Å². The Labute approximate surface area is 163 Å². The first-order chi connectivity index (χ1) is 13.3. The van der Waals surface area contributed by atoms with Gasteiger partial charge >= 0.3 is 18.1 Å². The number of hydrogen-bond donors (Lipinski definition) is 2. The molecule has 1 aromatic carbocycles. The fourth-order valence-corrected chi connectivity index (χ4v) is 3.07. The zero-order valence-electron chi connectivity index (χ0n) is 15.3. The van der Waals surface area contributed by atoms with Crippen LogP contribution in [0.15, 0.2) is 24.4 Å². The molecule has 1 amide bonds. The first-order valence-corrected chi connectivity index (χ1v) is 9.95. The van der Waals surface area contributed by atoms with E-state index in [-0.39, 0.29) is 11.8 Å². The molecule has 1 aromatic heterocycles. The van der Waals surface area contributed by atoms with Crippen LogP contribution >= 0.6 is 0 Å². The summed E-state index contributed by atoms with van der Waals surface area (Å²) in [5.41, 5.74) is 7.14.